The van der Waals surface area contributed by atoms with Gasteiger partial charge >= 0.3 is 0 Å². The Morgan fingerprint density at radius 3 is 2.42 bits per heavy atom. The molecule has 0 radical (unpaired) electrons. The summed E-state index contributed by atoms with van der Waals surface area (Å²) in [5.74, 6) is 0. The summed E-state index contributed by atoms with van der Waals surface area (Å²) in [5.41, 5.74) is 1.37. The first-order valence-corrected chi connectivity index (χ1v) is 4.66. The summed E-state index contributed by atoms with van der Waals surface area (Å²) >= 11 is 0. The Balaban J connectivity index is 3.82. The van der Waals surface area contributed by atoms with E-state index in [0.29, 0.717) is 0 Å². The molecule has 0 aromatic carbocycles. The lowest BCUT2D eigenvalue weighted by Gasteiger charge is -2.16. The second-order valence-electron chi connectivity index (χ2n) is 3.00. The Kier molecular flexibility index (Phi) is 6.87. The van der Waals surface area contributed by atoms with Gasteiger partial charge in [-0.1, -0.05) is 13.3 Å². The highest BCUT2D eigenvalue weighted by atomic mass is 16.5. The average molecular weight is 171 g/mol. The molecule has 0 unspecified atom stereocenters. The highest BCUT2D eigenvalue weighted by Crippen LogP contribution is 2.06. The molecular weight excluding hydrogens is 150 g/mol. The van der Waals surface area contributed by atoms with Crippen LogP contribution in [0.1, 0.15) is 26.7 Å². The van der Waals surface area contributed by atoms with E-state index in [0.717, 1.165) is 19.6 Å². The predicted molar refractivity (Wildman–Crippen MR) is 53.2 cm³/mol. The first-order chi connectivity index (χ1) is 5.72. The quantitative estimate of drug-likeness (QED) is 0.568. The van der Waals surface area contributed by atoms with Gasteiger partial charge in [-0.05, 0) is 19.4 Å². The van der Waals surface area contributed by atoms with Gasteiger partial charge in [0, 0.05) is 26.4 Å². The molecule has 0 saturated carbocycles. The summed E-state index contributed by atoms with van der Waals surface area (Å²) in [6.45, 7) is 5.74. The van der Waals surface area contributed by atoms with E-state index in [4.69, 9.17) is 4.74 Å². The maximum absolute atomic E-state index is 5.26. The Hall–Kier alpha value is -0.500. The first kappa shape index (κ1) is 11.5. The van der Waals surface area contributed by atoms with Crippen LogP contribution in [-0.4, -0.2) is 32.2 Å². The molecule has 2 nitrogen and oxygen atoms in total. The van der Waals surface area contributed by atoms with Crippen molar-refractivity contribution in [1.29, 1.82) is 0 Å². The lowest BCUT2D eigenvalue weighted by Crippen LogP contribution is -2.11. The molecule has 0 aliphatic carbocycles. The normalized spacial score (nSPS) is 11.8. The minimum absolute atomic E-state index is 0.740. The Labute approximate surface area is 76.2 Å². The van der Waals surface area contributed by atoms with Gasteiger partial charge in [-0.25, -0.2) is 0 Å². The minimum atomic E-state index is 0.740. The van der Waals surface area contributed by atoms with E-state index in [9.17, 15) is 0 Å². The van der Waals surface area contributed by atoms with Crippen molar-refractivity contribution < 1.29 is 4.74 Å². The molecule has 0 bridgehead atoms. The monoisotopic (exact) mass is 171 g/mol. The molecule has 0 spiro atoms. The molecule has 0 heterocycles. The second-order valence-corrected chi connectivity index (χ2v) is 3.00. The number of rotatable bonds is 6. The molecule has 0 N–H and O–H groups in total. The largest absolute Gasteiger partial charge is 0.381 e. The van der Waals surface area contributed by atoms with Crippen LogP contribution >= 0.6 is 0 Å². The Morgan fingerprint density at radius 2 is 2.00 bits per heavy atom. The van der Waals surface area contributed by atoms with Crippen molar-refractivity contribution >= 4 is 0 Å². The fourth-order valence-corrected chi connectivity index (χ4v) is 1.04. The van der Waals surface area contributed by atoms with E-state index in [1.54, 1.807) is 0 Å². The number of ether oxygens (including phenoxy) is 1. The molecule has 0 atom stereocenters. The lowest BCUT2D eigenvalue weighted by molar-refractivity contribution is 0.175. The molecule has 0 aliphatic rings. The second kappa shape index (κ2) is 7.17. The topological polar surface area (TPSA) is 12.5 Å². The SMILES string of the molecule is CCC/C(=C\COCC)N(C)C. The van der Waals surface area contributed by atoms with Gasteiger partial charge in [0.2, 0.25) is 0 Å². The fourth-order valence-electron chi connectivity index (χ4n) is 1.04. The average Bonchev–Trinajstić information content (AvgIpc) is 2.03. The molecule has 0 fully saturated rings. The minimum Gasteiger partial charge on any atom is -0.381 e. The first-order valence-electron chi connectivity index (χ1n) is 4.66. The summed E-state index contributed by atoms with van der Waals surface area (Å²) in [5, 5.41) is 0. The molecule has 0 saturated heterocycles. The summed E-state index contributed by atoms with van der Waals surface area (Å²) in [6.07, 6.45) is 4.49. The summed E-state index contributed by atoms with van der Waals surface area (Å²) in [4.78, 5) is 2.16. The van der Waals surface area contributed by atoms with Gasteiger partial charge in [-0.2, -0.15) is 0 Å². The van der Waals surface area contributed by atoms with Crippen molar-refractivity contribution in [2.75, 3.05) is 27.3 Å². The molecular formula is C10H21NO. The van der Waals surface area contributed by atoms with Crippen LogP contribution < -0.4 is 0 Å². The maximum Gasteiger partial charge on any atom is 0.0666 e. The van der Waals surface area contributed by atoms with E-state index in [1.807, 2.05) is 6.92 Å². The van der Waals surface area contributed by atoms with Crippen molar-refractivity contribution in [2.45, 2.75) is 26.7 Å². The van der Waals surface area contributed by atoms with Gasteiger partial charge < -0.3 is 9.64 Å². The van der Waals surface area contributed by atoms with Crippen LogP contribution in [0.5, 0.6) is 0 Å². The molecule has 0 aromatic heterocycles. The highest BCUT2D eigenvalue weighted by Gasteiger charge is 1.96. The molecule has 0 aromatic rings. The predicted octanol–water partition coefficient (Wildman–Crippen LogP) is 2.27. The molecule has 12 heavy (non-hydrogen) atoms. The van der Waals surface area contributed by atoms with E-state index in [1.165, 1.54) is 12.1 Å². The zero-order valence-corrected chi connectivity index (χ0v) is 8.76. The molecule has 72 valence electrons. The summed E-state index contributed by atoms with van der Waals surface area (Å²) < 4.78 is 5.26. The van der Waals surface area contributed by atoms with E-state index < -0.39 is 0 Å². The molecule has 0 rings (SSSR count). The van der Waals surface area contributed by atoms with Crippen LogP contribution in [0.3, 0.4) is 0 Å². The smallest absolute Gasteiger partial charge is 0.0666 e. The molecule has 0 amide bonds. The lowest BCUT2D eigenvalue weighted by atomic mass is 10.2. The third-order valence-corrected chi connectivity index (χ3v) is 1.72. The van der Waals surface area contributed by atoms with Crippen molar-refractivity contribution in [3.8, 4) is 0 Å². The Bertz CT molecular complexity index is 130. The van der Waals surface area contributed by atoms with Crippen LogP contribution in [-0.2, 0) is 4.74 Å². The summed E-state index contributed by atoms with van der Waals surface area (Å²) in [7, 11) is 4.15. The van der Waals surface area contributed by atoms with E-state index in [2.05, 4.69) is 32.0 Å². The van der Waals surface area contributed by atoms with Crippen molar-refractivity contribution in [3.05, 3.63) is 11.8 Å². The zero-order valence-electron chi connectivity index (χ0n) is 8.76. The maximum atomic E-state index is 5.26. The van der Waals surface area contributed by atoms with Crippen LogP contribution in [0.15, 0.2) is 11.8 Å². The van der Waals surface area contributed by atoms with Crippen molar-refractivity contribution in [1.82, 2.24) is 4.90 Å². The standard InChI is InChI=1S/C10H21NO/c1-5-7-10(11(3)4)8-9-12-6-2/h8H,5-7,9H2,1-4H3/b10-8+. The van der Waals surface area contributed by atoms with Crippen LogP contribution in [0.4, 0.5) is 0 Å². The van der Waals surface area contributed by atoms with Gasteiger partial charge in [-0.3, -0.25) is 0 Å². The van der Waals surface area contributed by atoms with Gasteiger partial charge in [0.1, 0.15) is 0 Å². The van der Waals surface area contributed by atoms with E-state index in [-0.39, 0.29) is 0 Å². The van der Waals surface area contributed by atoms with Crippen molar-refractivity contribution in [3.63, 3.8) is 0 Å². The van der Waals surface area contributed by atoms with Crippen LogP contribution in [0.2, 0.25) is 0 Å². The highest BCUT2D eigenvalue weighted by molar-refractivity contribution is 4.99. The summed E-state index contributed by atoms with van der Waals surface area (Å²) in [6, 6.07) is 0. The van der Waals surface area contributed by atoms with Crippen LogP contribution in [0, 0.1) is 0 Å². The molecule has 2 heteroatoms. The Morgan fingerprint density at radius 1 is 1.33 bits per heavy atom. The van der Waals surface area contributed by atoms with Crippen LogP contribution in [0.25, 0.3) is 0 Å². The number of hydrogen-bond donors (Lipinski definition) is 0. The van der Waals surface area contributed by atoms with Gasteiger partial charge in [0.25, 0.3) is 0 Å². The zero-order chi connectivity index (χ0) is 9.40. The third-order valence-electron chi connectivity index (χ3n) is 1.72. The number of nitrogens with zero attached hydrogens (tertiary/aromatic N) is 1. The van der Waals surface area contributed by atoms with Gasteiger partial charge in [-0.15, -0.1) is 0 Å². The molecule has 0 aliphatic heterocycles. The number of allylic oxidation sites excluding steroid dienone is 1. The van der Waals surface area contributed by atoms with E-state index >= 15 is 0 Å². The van der Waals surface area contributed by atoms with Gasteiger partial charge in [0.15, 0.2) is 0 Å². The van der Waals surface area contributed by atoms with Gasteiger partial charge in [0.05, 0.1) is 6.61 Å². The van der Waals surface area contributed by atoms with Crippen molar-refractivity contribution in [2.24, 2.45) is 0 Å². The third kappa shape index (κ3) is 5.19. The number of hydrogen-bond acceptors (Lipinski definition) is 2. The fraction of sp³-hybridized carbons (Fsp3) is 0.800.